The topological polar surface area (TPSA) is 12.0 Å². The Morgan fingerprint density at radius 2 is 2.29 bits per heavy atom. The third kappa shape index (κ3) is 2.03. The summed E-state index contributed by atoms with van der Waals surface area (Å²) < 4.78 is 0. The lowest BCUT2D eigenvalue weighted by molar-refractivity contribution is 0.458. The van der Waals surface area contributed by atoms with Crippen molar-refractivity contribution < 1.29 is 0 Å². The minimum Gasteiger partial charge on any atom is -0.307 e. The minimum atomic E-state index is 0.717. The standard InChI is InChI=1S/C13H23N/c1-3-5-10(4-2)11-8-12-6-7-13(9-11)14-12/h8,10,12-14H,3-7,9H2,1-2H3. The van der Waals surface area contributed by atoms with Crippen LogP contribution in [-0.4, -0.2) is 12.1 Å². The van der Waals surface area contributed by atoms with Crippen LogP contribution in [-0.2, 0) is 0 Å². The molecule has 2 aliphatic rings. The van der Waals surface area contributed by atoms with Crippen LogP contribution in [0.15, 0.2) is 11.6 Å². The molecule has 0 aromatic carbocycles. The van der Waals surface area contributed by atoms with Crippen LogP contribution in [0, 0.1) is 5.92 Å². The summed E-state index contributed by atoms with van der Waals surface area (Å²) in [6.45, 7) is 4.64. The van der Waals surface area contributed by atoms with Crippen LogP contribution in [0.4, 0.5) is 0 Å². The Kier molecular flexibility index (Phi) is 3.27. The van der Waals surface area contributed by atoms with Crippen molar-refractivity contribution in [1.29, 1.82) is 0 Å². The predicted octanol–water partition coefficient (Wildman–Crippen LogP) is 3.26. The van der Waals surface area contributed by atoms with E-state index in [2.05, 4.69) is 25.2 Å². The second-order valence-corrected chi connectivity index (χ2v) is 4.89. The number of rotatable bonds is 4. The van der Waals surface area contributed by atoms with Gasteiger partial charge < -0.3 is 5.32 Å². The van der Waals surface area contributed by atoms with Gasteiger partial charge in [0.25, 0.3) is 0 Å². The van der Waals surface area contributed by atoms with Crippen molar-refractivity contribution in [3.05, 3.63) is 11.6 Å². The molecule has 0 aromatic heterocycles. The lowest BCUT2D eigenvalue weighted by Crippen LogP contribution is -2.33. The summed E-state index contributed by atoms with van der Waals surface area (Å²) in [5.74, 6) is 0.880. The molecule has 1 N–H and O–H groups in total. The fourth-order valence-corrected chi connectivity index (χ4v) is 3.06. The van der Waals surface area contributed by atoms with Gasteiger partial charge in [-0.05, 0) is 38.0 Å². The van der Waals surface area contributed by atoms with Crippen molar-refractivity contribution in [2.45, 2.75) is 64.5 Å². The molecule has 80 valence electrons. The van der Waals surface area contributed by atoms with E-state index in [0.717, 1.165) is 18.0 Å². The van der Waals surface area contributed by atoms with Crippen LogP contribution in [0.5, 0.6) is 0 Å². The first-order valence-corrected chi connectivity index (χ1v) is 6.30. The molecular formula is C13H23N. The van der Waals surface area contributed by atoms with Gasteiger partial charge in [0, 0.05) is 12.1 Å². The van der Waals surface area contributed by atoms with E-state index in [1.807, 2.05) is 0 Å². The molecule has 0 aliphatic carbocycles. The molecule has 2 heterocycles. The van der Waals surface area contributed by atoms with Crippen LogP contribution >= 0.6 is 0 Å². The molecule has 1 saturated heterocycles. The third-order valence-corrected chi connectivity index (χ3v) is 3.83. The average molecular weight is 193 g/mol. The van der Waals surface area contributed by atoms with Gasteiger partial charge in [-0.25, -0.2) is 0 Å². The lowest BCUT2D eigenvalue weighted by atomic mass is 9.86. The Morgan fingerprint density at radius 3 is 2.93 bits per heavy atom. The normalized spacial score (nSPS) is 32.9. The first kappa shape index (κ1) is 10.2. The molecule has 0 spiro atoms. The van der Waals surface area contributed by atoms with E-state index in [1.165, 1.54) is 38.5 Å². The van der Waals surface area contributed by atoms with E-state index in [-0.39, 0.29) is 0 Å². The van der Waals surface area contributed by atoms with Gasteiger partial charge in [0.1, 0.15) is 0 Å². The summed E-state index contributed by atoms with van der Waals surface area (Å²) in [6.07, 6.45) is 10.7. The van der Waals surface area contributed by atoms with E-state index in [0.29, 0.717) is 0 Å². The molecule has 0 amide bonds. The lowest BCUT2D eigenvalue weighted by Gasteiger charge is -2.26. The van der Waals surface area contributed by atoms with E-state index < -0.39 is 0 Å². The maximum Gasteiger partial charge on any atom is 0.0256 e. The highest BCUT2D eigenvalue weighted by Gasteiger charge is 2.29. The molecule has 1 nitrogen and oxygen atoms in total. The molecule has 2 aliphatic heterocycles. The van der Waals surface area contributed by atoms with Gasteiger partial charge in [0.2, 0.25) is 0 Å². The van der Waals surface area contributed by atoms with E-state index in [9.17, 15) is 0 Å². The van der Waals surface area contributed by atoms with Crippen LogP contribution in [0.25, 0.3) is 0 Å². The first-order valence-electron chi connectivity index (χ1n) is 6.30. The van der Waals surface area contributed by atoms with Gasteiger partial charge in [-0.1, -0.05) is 31.9 Å². The highest BCUT2D eigenvalue weighted by atomic mass is 15.0. The van der Waals surface area contributed by atoms with Gasteiger partial charge in [-0.3, -0.25) is 0 Å². The quantitative estimate of drug-likeness (QED) is 0.676. The van der Waals surface area contributed by atoms with Crippen LogP contribution in [0.1, 0.15) is 52.4 Å². The van der Waals surface area contributed by atoms with E-state index in [4.69, 9.17) is 0 Å². The Bertz CT molecular complexity index is 219. The SMILES string of the molecule is CCCC(CC)C1=CC2CCC(C1)N2. The fourth-order valence-electron chi connectivity index (χ4n) is 3.06. The summed E-state index contributed by atoms with van der Waals surface area (Å²) in [5.41, 5.74) is 1.76. The van der Waals surface area contributed by atoms with Crippen LogP contribution < -0.4 is 5.32 Å². The largest absolute Gasteiger partial charge is 0.307 e. The Morgan fingerprint density at radius 1 is 1.43 bits per heavy atom. The van der Waals surface area contributed by atoms with Gasteiger partial charge in [-0.2, -0.15) is 0 Å². The fraction of sp³-hybridized carbons (Fsp3) is 0.846. The molecule has 3 atom stereocenters. The van der Waals surface area contributed by atoms with Crippen molar-refractivity contribution in [3.63, 3.8) is 0 Å². The molecule has 0 radical (unpaired) electrons. The number of hydrogen-bond donors (Lipinski definition) is 1. The minimum absolute atomic E-state index is 0.717. The summed E-state index contributed by atoms with van der Waals surface area (Å²) in [5, 5.41) is 3.66. The predicted molar refractivity (Wildman–Crippen MR) is 61.3 cm³/mol. The molecule has 0 saturated carbocycles. The molecule has 3 unspecified atom stereocenters. The molecule has 1 heteroatoms. The highest BCUT2D eigenvalue weighted by Crippen LogP contribution is 2.33. The van der Waals surface area contributed by atoms with E-state index >= 15 is 0 Å². The Labute approximate surface area is 88.0 Å². The Balaban J connectivity index is 2.02. The number of hydrogen-bond acceptors (Lipinski definition) is 1. The molecular weight excluding hydrogens is 170 g/mol. The van der Waals surface area contributed by atoms with Crippen molar-refractivity contribution in [3.8, 4) is 0 Å². The van der Waals surface area contributed by atoms with Crippen molar-refractivity contribution >= 4 is 0 Å². The molecule has 1 fully saturated rings. The maximum absolute atomic E-state index is 3.66. The number of nitrogens with one attached hydrogen (secondary N) is 1. The molecule has 2 bridgehead atoms. The van der Waals surface area contributed by atoms with Gasteiger partial charge in [0.15, 0.2) is 0 Å². The second kappa shape index (κ2) is 4.48. The van der Waals surface area contributed by atoms with Crippen molar-refractivity contribution in [2.24, 2.45) is 5.92 Å². The zero-order chi connectivity index (χ0) is 9.97. The summed E-state index contributed by atoms with van der Waals surface area (Å²) in [4.78, 5) is 0. The monoisotopic (exact) mass is 193 g/mol. The second-order valence-electron chi connectivity index (χ2n) is 4.89. The summed E-state index contributed by atoms with van der Waals surface area (Å²) >= 11 is 0. The zero-order valence-electron chi connectivity index (χ0n) is 9.55. The van der Waals surface area contributed by atoms with Crippen molar-refractivity contribution in [2.75, 3.05) is 0 Å². The van der Waals surface area contributed by atoms with Crippen LogP contribution in [0.2, 0.25) is 0 Å². The first-order chi connectivity index (χ1) is 6.83. The maximum atomic E-state index is 3.66. The van der Waals surface area contributed by atoms with Gasteiger partial charge >= 0.3 is 0 Å². The Hall–Kier alpha value is -0.300. The molecule has 0 aromatic rings. The van der Waals surface area contributed by atoms with Gasteiger partial charge in [0.05, 0.1) is 0 Å². The third-order valence-electron chi connectivity index (χ3n) is 3.83. The summed E-state index contributed by atoms with van der Waals surface area (Å²) in [6, 6.07) is 1.53. The molecule has 14 heavy (non-hydrogen) atoms. The highest BCUT2D eigenvalue weighted by molar-refractivity contribution is 5.19. The average Bonchev–Trinajstić information content (AvgIpc) is 2.54. The van der Waals surface area contributed by atoms with E-state index in [1.54, 1.807) is 5.57 Å². The smallest absolute Gasteiger partial charge is 0.0256 e. The van der Waals surface area contributed by atoms with Crippen molar-refractivity contribution in [1.82, 2.24) is 5.32 Å². The number of fused-ring (bicyclic) bond motifs is 2. The summed E-state index contributed by atoms with van der Waals surface area (Å²) in [7, 11) is 0. The van der Waals surface area contributed by atoms with Gasteiger partial charge in [-0.15, -0.1) is 0 Å². The van der Waals surface area contributed by atoms with Crippen LogP contribution in [0.3, 0.4) is 0 Å². The molecule has 2 rings (SSSR count). The zero-order valence-corrected chi connectivity index (χ0v) is 9.55.